The van der Waals surface area contributed by atoms with Gasteiger partial charge in [-0.1, -0.05) is 6.92 Å². The fourth-order valence-electron chi connectivity index (χ4n) is 2.01. The molecule has 1 rings (SSSR count). The Balaban J connectivity index is 2.60. The van der Waals surface area contributed by atoms with Crippen LogP contribution in [0, 0.1) is 11.3 Å². The Bertz CT molecular complexity index is 315. The van der Waals surface area contributed by atoms with E-state index in [2.05, 4.69) is 24.2 Å². The number of piperidine rings is 1. The number of carbonyl (C=O) groups is 2. The van der Waals surface area contributed by atoms with Crippen LogP contribution >= 0.6 is 0 Å². The number of rotatable bonds is 3. The van der Waals surface area contributed by atoms with Gasteiger partial charge in [0, 0.05) is 12.6 Å². The lowest BCUT2D eigenvalue weighted by atomic mass is 9.89. The molecule has 2 N–H and O–H groups in total. The number of nitrogens with one attached hydrogen (secondary N) is 1. The third-order valence-corrected chi connectivity index (χ3v) is 3.53. The summed E-state index contributed by atoms with van der Waals surface area (Å²) in [7, 11) is 2.05. The van der Waals surface area contributed by atoms with E-state index in [-0.39, 0.29) is 6.04 Å². The van der Waals surface area contributed by atoms with Gasteiger partial charge < -0.3 is 15.3 Å². The topological polar surface area (TPSA) is 69.6 Å². The van der Waals surface area contributed by atoms with Crippen LogP contribution in [0.3, 0.4) is 0 Å². The number of amides is 1. The Hall–Kier alpha value is -1.10. The molecule has 1 fully saturated rings. The summed E-state index contributed by atoms with van der Waals surface area (Å²) >= 11 is 0. The van der Waals surface area contributed by atoms with Crippen molar-refractivity contribution in [3.63, 3.8) is 0 Å². The second-order valence-corrected chi connectivity index (χ2v) is 5.54. The summed E-state index contributed by atoms with van der Waals surface area (Å²) in [6, 6.07) is 0.0809. The van der Waals surface area contributed by atoms with E-state index in [0.717, 1.165) is 19.5 Å². The number of hydrogen-bond acceptors (Lipinski definition) is 3. The minimum atomic E-state index is -1.36. The number of carbonyl (C=O) groups excluding carboxylic acids is 1. The van der Waals surface area contributed by atoms with E-state index < -0.39 is 17.3 Å². The SMILES string of the molecule is CC1CN(C)CCC1NC(=O)C(C)(C)C(=O)O. The fraction of sp³-hybridized carbons (Fsp3) is 0.833. The van der Waals surface area contributed by atoms with Gasteiger partial charge in [0.05, 0.1) is 0 Å². The molecule has 2 atom stereocenters. The molecule has 1 amide bonds. The predicted octanol–water partition coefficient (Wildman–Crippen LogP) is 0.554. The van der Waals surface area contributed by atoms with Crippen molar-refractivity contribution in [2.45, 2.75) is 33.2 Å². The Morgan fingerprint density at radius 3 is 2.47 bits per heavy atom. The first-order valence-corrected chi connectivity index (χ1v) is 5.98. The van der Waals surface area contributed by atoms with Crippen molar-refractivity contribution >= 4 is 11.9 Å². The number of aliphatic carboxylic acids is 1. The molecule has 1 saturated heterocycles. The van der Waals surface area contributed by atoms with Crippen molar-refractivity contribution in [1.82, 2.24) is 10.2 Å². The molecule has 5 nitrogen and oxygen atoms in total. The second-order valence-electron chi connectivity index (χ2n) is 5.54. The van der Waals surface area contributed by atoms with Gasteiger partial charge in [-0.05, 0) is 39.8 Å². The number of carboxylic acids is 1. The summed E-state index contributed by atoms with van der Waals surface area (Å²) in [5.41, 5.74) is -1.36. The van der Waals surface area contributed by atoms with Crippen molar-refractivity contribution in [3.8, 4) is 0 Å². The van der Waals surface area contributed by atoms with Crippen LogP contribution in [0.1, 0.15) is 27.2 Å². The highest BCUT2D eigenvalue weighted by molar-refractivity contribution is 6.01. The maximum absolute atomic E-state index is 11.9. The summed E-state index contributed by atoms with van der Waals surface area (Å²) in [6.07, 6.45) is 0.874. The third-order valence-electron chi connectivity index (χ3n) is 3.53. The van der Waals surface area contributed by atoms with E-state index in [1.165, 1.54) is 13.8 Å². The van der Waals surface area contributed by atoms with Crippen LogP contribution in [0.4, 0.5) is 0 Å². The number of likely N-dealkylation sites (tertiary alicyclic amines) is 1. The quantitative estimate of drug-likeness (QED) is 0.709. The highest BCUT2D eigenvalue weighted by atomic mass is 16.4. The first-order chi connectivity index (χ1) is 7.75. The molecule has 1 heterocycles. The smallest absolute Gasteiger partial charge is 0.318 e. The zero-order chi connectivity index (χ0) is 13.2. The summed E-state index contributed by atoms with van der Waals surface area (Å²) in [5, 5.41) is 11.8. The van der Waals surface area contributed by atoms with E-state index in [1.807, 2.05) is 0 Å². The van der Waals surface area contributed by atoms with Crippen molar-refractivity contribution < 1.29 is 14.7 Å². The summed E-state index contributed by atoms with van der Waals surface area (Å²) in [5.74, 6) is -1.13. The number of carboxylic acid groups (broad SMARTS) is 1. The summed E-state index contributed by atoms with van der Waals surface area (Å²) in [4.78, 5) is 25.1. The zero-order valence-corrected chi connectivity index (χ0v) is 11.0. The Kier molecular flexibility index (Phi) is 4.14. The minimum Gasteiger partial charge on any atom is -0.480 e. The Labute approximate surface area is 102 Å². The molecule has 0 saturated carbocycles. The van der Waals surface area contributed by atoms with E-state index in [9.17, 15) is 9.59 Å². The van der Waals surface area contributed by atoms with Gasteiger partial charge in [0.1, 0.15) is 5.41 Å². The summed E-state index contributed by atoms with van der Waals surface area (Å²) in [6.45, 7) is 6.81. The van der Waals surface area contributed by atoms with Crippen molar-refractivity contribution in [1.29, 1.82) is 0 Å². The van der Waals surface area contributed by atoms with Gasteiger partial charge >= 0.3 is 5.97 Å². The monoisotopic (exact) mass is 242 g/mol. The van der Waals surface area contributed by atoms with Crippen molar-refractivity contribution in [2.75, 3.05) is 20.1 Å². The van der Waals surface area contributed by atoms with E-state index in [0.29, 0.717) is 5.92 Å². The molecule has 0 bridgehead atoms. The highest BCUT2D eigenvalue weighted by Crippen LogP contribution is 2.20. The van der Waals surface area contributed by atoms with Gasteiger partial charge in [-0.2, -0.15) is 0 Å². The van der Waals surface area contributed by atoms with Crippen molar-refractivity contribution in [3.05, 3.63) is 0 Å². The largest absolute Gasteiger partial charge is 0.480 e. The van der Waals surface area contributed by atoms with E-state index in [4.69, 9.17) is 5.11 Å². The number of nitrogens with zero attached hydrogens (tertiary/aromatic N) is 1. The predicted molar refractivity (Wildman–Crippen MR) is 64.6 cm³/mol. The Morgan fingerprint density at radius 2 is 2.00 bits per heavy atom. The molecule has 1 aliphatic rings. The lowest BCUT2D eigenvalue weighted by Gasteiger charge is -2.36. The van der Waals surface area contributed by atoms with Gasteiger partial charge in [-0.15, -0.1) is 0 Å². The van der Waals surface area contributed by atoms with Crippen LogP contribution < -0.4 is 5.32 Å². The van der Waals surface area contributed by atoms with Gasteiger partial charge in [-0.3, -0.25) is 9.59 Å². The normalized spacial score (nSPS) is 26.6. The lowest BCUT2D eigenvalue weighted by molar-refractivity contribution is -0.153. The second kappa shape index (κ2) is 5.04. The fourth-order valence-corrected chi connectivity index (χ4v) is 2.01. The maximum Gasteiger partial charge on any atom is 0.318 e. The molecule has 0 aliphatic carbocycles. The first-order valence-electron chi connectivity index (χ1n) is 5.98. The van der Waals surface area contributed by atoms with E-state index in [1.54, 1.807) is 0 Å². The molecular formula is C12H22N2O3. The average molecular weight is 242 g/mol. The number of hydrogen-bond donors (Lipinski definition) is 2. The molecule has 0 radical (unpaired) electrons. The standard InChI is InChI=1S/C12H22N2O3/c1-8-7-14(4)6-5-9(8)13-10(15)12(2,3)11(16)17/h8-9H,5-7H2,1-4H3,(H,13,15)(H,16,17). The van der Waals surface area contributed by atoms with Gasteiger partial charge in [0.2, 0.25) is 5.91 Å². The third kappa shape index (κ3) is 3.19. The van der Waals surface area contributed by atoms with Crippen LogP contribution in [-0.2, 0) is 9.59 Å². The first kappa shape index (κ1) is 14.0. The molecule has 0 aromatic rings. The molecule has 1 aliphatic heterocycles. The lowest BCUT2D eigenvalue weighted by Crippen LogP contribution is -2.53. The molecule has 0 spiro atoms. The average Bonchev–Trinajstić information content (AvgIpc) is 2.21. The summed E-state index contributed by atoms with van der Waals surface area (Å²) < 4.78 is 0. The van der Waals surface area contributed by atoms with Crippen molar-refractivity contribution in [2.24, 2.45) is 11.3 Å². The van der Waals surface area contributed by atoms with Crippen LogP contribution in [-0.4, -0.2) is 48.1 Å². The van der Waals surface area contributed by atoms with Gasteiger partial charge in [0.25, 0.3) is 0 Å². The van der Waals surface area contributed by atoms with Gasteiger partial charge in [0.15, 0.2) is 0 Å². The van der Waals surface area contributed by atoms with Crippen LogP contribution in [0.5, 0.6) is 0 Å². The van der Waals surface area contributed by atoms with Crippen LogP contribution in [0.15, 0.2) is 0 Å². The molecule has 0 aromatic carbocycles. The van der Waals surface area contributed by atoms with Crippen LogP contribution in [0.25, 0.3) is 0 Å². The van der Waals surface area contributed by atoms with E-state index >= 15 is 0 Å². The van der Waals surface area contributed by atoms with Crippen LogP contribution in [0.2, 0.25) is 0 Å². The molecule has 0 aromatic heterocycles. The minimum absolute atomic E-state index is 0.0809. The molecule has 2 unspecified atom stereocenters. The zero-order valence-electron chi connectivity index (χ0n) is 11.0. The highest BCUT2D eigenvalue weighted by Gasteiger charge is 2.38. The Morgan fingerprint density at radius 1 is 1.41 bits per heavy atom. The molecule has 98 valence electrons. The van der Waals surface area contributed by atoms with Gasteiger partial charge in [-0.25, -0.2) is 0 Å². The molecule has 17 heavy (non-hydrogen) atoms. The maximum atomic E-state index is 11.9. The molecule has 5 heteroatoms. The molecular weight excluding hydrogens is 220 g/mol.